The Bertz CT molecular complexity index is 473. The molecule has 1 aliphatic rings. The van der Waals surface area contributed by atoms with Crippen molar-refractivity contribution in [3.05, 3.63) is 30.1 Å². The summed E-state index contributed by atoms with van der Waals surface area (Å²) in [6.07, 6.45) is 0. The number of nitrogens with zero attached hydrogens (tertiary/aromatic N) is 3. The van der Waals surface area contributed by atoms with Crippen LogP contribution in [0.15, 0.2) is 24.3 Å². The zero-order chi connectivity index (χ0) is 13.3. The fraction of sp³-hybridized carbons (Fsp3) is 0.333. The van der Waals surface area contributed by atoms with Crippen molar-refractivity contribution < 1.29 is 14.0 Å². The number of anilines is 1. The van der Waals surface area contributed by atoms with E-state index < -0.39 is 0 Å². The van der Waals surface area contributed by atoms with Gasteiger partial charge < -0.3 is 4.90 Å². The SMILES string of the molecule is CN(C)C(=O)N1CCN(c2ccc(F)cc2)C1=O. The molecule has 96 valence electrons. The van der Waals surface area contributed by atoms with E-state index in [-0.39, 0.29) is 17.9 Å². The Balaban J connectivity index is 2.17. The molecule has 0 aliphatic carbocycles. The Labute approximate surface area is 104 Å². The van der Waals surface area contributed by atoms with Gasteiger partial charge in [-0.1, -0.05) is 0 Å². The van der Waals surface area contributed by atoms with Gasteiger partial charge in [-0.2, -0.15) is 0 Å². The minimum Gasteiger partial charge on any atom is -0.330 e. The Kier molecular flexibility index (Phi) is 3.18. The van der Waals surface area contributed by atoms with E-state index in [9.17, 15) is 14.0 Å². The number of hydrogen-bond acceptors (Lipinski definition) is 2. The van der Waals surface area contributed by atoms with Gasteiger partial charge in [0.05, 0.1) is 6.54 Å². The van der Waals surface area contributed by atoms with Gasteiger partial charge in [-0.3, -0.25) is 4.90 Å². The second kappa shape index (κ2) is 4.64. The smallest absolute Gasteiger partial charge is 0.330 e. The summed E-state index contributed by atoms with van der Waals surface area (Å²) in [5, 5.41) is 0. The highest BCUT2D eigenvalue weighted by Crippen LogP contribution is 2.21. The van der Waals surface area contributed by atoms with Gasteiger partial charge >= 0.3 is 12.1 Å². The molecule has 0 unspecified atom stereocenters. The first kappa shape index (κ1) is 12.3. The zero-order valence-corrected chi connectivity index (χ0v) is 10.3. The highest BCUT2D eigenvalue weighted by molar-refractivity contribution is 6.04. The van der Waals surface area contributed by atoms with Crippen molar-refractivity contribution in [3.8, 4) is 0 Å². The monoisotopic (exact) mass is 251 g/mol. The van der Waals surface area contributed by atoms with Gasteiger partial charge in [0.1, 0.15) is 5.82 Å². The molecule has 4 amide bonds. The zero-order valence-electron chi connectivity index (χ0n) is 10.3. The van der Waals surface area contributed by atoms with Crippen LogP contribution in [-0.2, 0) is 0 Å². The number of carbonyl (C=O) groups excluding carboxylic acids is 2. The number of hydrogen-bond donors (Lipinski definition) is 0. The summed E-state index contributed by atoms with van der Waals surface area (Å²) in [5.74, 6) is -0.355. The first-order valence-electron chi connectivity index (χ1n) is 5.56. The van der Waals surface area contributed by atoms with Gasteiger partial charge in [0.15, 0.2) is 0 Å². The summed E-state index contributed by atoms with van der Waals surface area (Å²) in [6, 6.07) is 4.91. The van der Waals surface area contributed by atoms with E-state index in [0.717, 1.165) is 0 Å². The minimum absolute atomic E-state index is 0.340. The molecule has 1 aromatic rings. The van der Waals surface area contributed by atoms with E-state index in [2.05, 4.69) is 0 Å². The molecule has 1 aromatic carbocycles. The molecule has 0 N–H and O–H groups in total. The maximum atomic E-state index is 12.8. The molecule has 6 heteroatoms. The Morgan fingerprint density at radius 2 is 1.83 bits per heavy atom. The van der Waals surface area contributed by atoms with Crippen LogP contribution >= 0.6 is 0 Å². The topological polar surface area (TPSA) is 43.9 Å². The largest absolute Gasteiger partial charge is 0.332 e. The summed E-state index contributed by atoms with van der Waals surface area (Å²) >= 11 is 0. The lowest BCUT2D eigenvalue weighted by Crippen LogP contribution is -2.42. The molecular weight excluding hydrogens is 237 g/mol. The van der Waals surface area contributed by atoms with Gasteiger partial charge in [-0.05, 0) is 24.3 Å². The maximum absolute atomic E-state index is 12.8. The van der Waals surface area contributed by atoms with Gasteiger partial charge in [-0.25, -0.2) is 18.9 Å². The van der Waals surface area contributed by atoms with Crippen LogP contribution in [0.3, 0.4) is 0 Å². The van der Waals surface area contributed by atoms with Crippen molar-refractivity contribution in [2.75, 3.05) is 32.1 Å². The third-order valence-electron chi connectivity index (χ3n) is 2.76. The van der Waals surface area contributed by atoms with Crippen molar-refractivity contribution in [1.82, 2.24) is 9.80 Å². The van der Waals surface area contributed by atoms with Crippen molar-refractivity contribution >= 4 is 17.7 Å². The number of benzene rings is 1. The molecule has 0 atom stereocenters. The predicted octanol–water partition coefficient (Wildman–Crippen LogP) is 1.75. The van der Waals surface area contributed by atoms with Crippen molar-refractivity contribution in [2.24, 2.45) is 0 Å². The molecule has 1 aliphatic heterocycles. The Morgan fingerprint density at radius 3 is 2.39 bits per heavy atom. The predicted molar refractivity (Wildman–Crippen MR) is 64.9 cm³/mol. The molecule has 0 aromatic heterocycles. The van der Waals surface area contributed by atoms with E-state index in [4.69, 9.17) is 0 Å². The number of halogens is 1. The van der Waals surface area contributed by atoms with Gasteiger partial charge in [0.25, 0.3) is 0 Å². The van der Waals surface area contributed by atoms with Crippen LogP contribution in [0.25, 0.3) is 0 Å². The molecule has 1 heterocycles. The number of amides is 4. The highest BCUT2D eigenvalue weighted by atomic mass is 19.1. The number of urea groups is 2. The van der Waals surface area contributed by atoms with E-state index in [1.807, 2.05) is 0 Å². The third-order valence-corrected chi connectivity index (χ3v) is 2.76. The van der Waals surface area contributed by atoms with Gasteiger partial charge in [-0.15, -0.1) is 0 Å². The molecule has 2 rings (SSSR count). The second-order valence-electron chi connectivity index (χ2n) is 4.24. The third kappa shape index (κ3) is 2.13. The summed E-state index contributed by atoms with van der Waals surface area (Å²) in [6.45, 7) is 0.761. The normalized spacial score (nSPS) is 15.2. The Hall–Kier alpha value is -2.11. The van der Waals surface area contributed by atoms with Crippen molar-refractivity contribution in [2.45, 2.75) is 0 Å². The molecule has 1 fully saturated rings. The summed E-state index contributed by atoms with van der Waals surface area (Å²) in [7, 11) is 3.19. The van der Waals surface area contributed by atoms with Crippen LogP contribution in [0.1, 0.15) is 0 Å². The molecule has 0 spiro atoms. The lowest BCUT2D eigenvalue weighted by molar-refractivity contribution is 0.180. The van der Waals surface area contributed by atoms with Crippen molar-refractivity contribution in [3.63, 3.8) is 0 Å². The van der Waals surface area contributed by atoms with Crippen LogP contribution in [0.4, 0.5) is 19.7 Å². The van der Waals surface area contributed by atoms with E-state index >= 15 is 0 Å². The molecular formula is C12H14FN3O2. The fourth-order valence-electron chi connectivity index (χ4n) is 1.82. The first-order valence-corrected chi connectivity index (χ1v) is 5.56. The molecule has 5 nitrogen and oxygen atoms in total. The molecule has 0 saturated carbocycles. The lowest BCUT2D eigenvalue weighted by Gasteiger charge is -2.20. The standard InChI is InChI=1S/C12H14FN3O2/c1-14(2)11(17)16-8-7-15(12(16)18)10-5-3-9(13)4-6-10/h3-6H,7-8H2,1-2H3. The number of imide groups is 1. The molecule has 0 radical (unpaired) electrons. The van der Waals surface area contributed by atoms with Crippen LogP contribution in [0.5, 0.6) is 0 Å². The fourth-order valence-corrected chi connectivity index (χ4v) is 1.82. The number of carbonyl (C=O) groups is 2. The Morgan fingerprint density at radius 1 is 1.22 bits per heavy atom. The van der Waals surface area contributed by atoms with E-state index in [1.165, 1.54) is 39.0 Å². The summed E-state index contributed by atoms with van der Waals surface area (Å²) in [5.41, 5.74) is 0.593. The number of rotatable bonds is 1. The van der Waals surface area contributed by atoms with Gasteiger partial charge in [0, 0.05) is 26.3 Å². The molecule has 1 saturated heterocycles. The van der Waals surface area contributed by atoms with Crippen LogP contribution in [0.2, 0.25) is 0 Å². The average Bonchev–Trinajstić information content (AvgIpc) is 2.71. The van der Waals surface area contributed by atoms with Crippen molar-refractivity contribution in [1.29, 1.82) is 0 Å². The molecule has 18 heavy (non-hydrogen) atoms. The highest BCUT2D eigenvalue weighted by Gasteiger charge is 2.34. The summed E-state index contributed by atoms with van der Waals surface area (Å²) < 4.78 is 12.8. The van der Waals surface area contributed by atoms with Crippen LogP contribution in [-0.4, -0.2) is 49.0 Å². The van der Waals surface area contributed by atoms with Crippen LogP contribution < -0.4 is 4.90 Å². The average molecular weight is 251 g/mol. The summed E-state index contributed by atoms with van der Waals surface area (Å²) in [4.78, 5) is 27.8. The van der Waals surface area contributed by atoms with E-state index in [1.54, 1.807) is 14.1 Å². The van der Waals surface area contributed by atoms with E-state index in [0.29, 0.717) is 18.8 Å². The van der Waals surface area contributed by atoms with Gasteiger partial charge in [0.2, 0.25) is 0 Å². The quantitative estimate of drug-likeness (QED) is 0.763. The maximum Gasteiger partial charge on any atom is 0.332 e. The lowest BCUT2D eigenvalue weighted by atomic mass is 10.3. The molecule has 0 bridgehead atoms. The van der Waals surface area contributed by atoms with Crippen LogP contribution in [0, 0.1) is 5.82 Å². The first-order chi connectivity index (χ1) is 8.50. The second-order valence-corrected chi connectivity index (χ2v) is 4.24. The minimum atomic E-state index is -0.375.